The second kappa shape index (κ2) is 8.73. The molecule has 6 heteroatoms. The molecule has 0 radical (unpaired) electrons. The van der Waals surface area contributed by atoms with Crippen molar-refractivity contribution in [1.29, 1.82) is 0 Å². The average molecular weight is 387 g/mol. The van der Waals surface area contributed by atoms with Crippen molar-refractivity contribution in [2.45, 2.75) is 19.4 Å². The molecule has 1 fully saturated rings. The zero-order chi connectivity index (χ0) is 20.1. The van der Waals surface area contributed by atoms with Crippen LogP contribution in [-0.4, -0.2) is 36.0 Å². The van der Waals surface area contributed by atoms with Gasteiger partial charge in [0, 0.05) is 44.3 Å². The van der Waals surface area contributed by atoms with Crippen LogP contribution in [0.2, 0.25) is 0 Å². The van der Waals surface area contributed by atoms with E-state index in [9.17, 15) is 4.79 Å². The Hall–Kier alpha value is -3.41. The third-order valence-electron chi connectivity index (χ3n) is 5.08. The van der Waals surface area contributed by atoms with E-state index in [0.29, 0.717) is 18.2 Å². The summed E-state index contributed by atoms with van der Waals surface area (Å²) < 4.78 is 0. The molecule has 4 rings (SSSR count). The van der Waals surface area contributed by atoms with Crippen LogP contribution in [0.25, 0.3) is 0 Å². The highest BCUT2D eigenvalue weighted by Crippen LogP contribution is 2.22. The molecule has 3 aromatic rings. The average Bonchev–Trinajstić information content (AvgIpc) is 3.30. The number of hydrogen-bond donors (Lipinski definition) is 1. The molecular weight excluding hydrogens is 362 g/mol. The normalized spacial score (nSPS) is 13.3. The number of carbonyl (C=O) groups excluding carboxylic acids is 1. The molecule has 0 aliphatic carbocycles. The van der Waals surface area contributed by atoms with E-state index in [4.69, 9.17) is 0 Å². The fourth-order valence-electron chi connectivity index (χ4n) is 3.51. The number of nitrogens with zero attached hydrogens (tertiary/aromatic N) is 4. The maximum Gasteiger partial charge on any atom is 0.274 e. The number of benzene rings is 2. The van der Waals surface area contributed by atoms with Crippen molar-refractivity contribution >= 4 is 23.2 Å². The van der Waals surface area contributed by atoms with Crippen LogP contribution in [-0.2, 0) is 6.54 Å². The van der Waals surface area contributed by atoms with Gasteiger partial charge in [0.2, 0.25) is 5.95 Å². The Labute approximate surface area is 171 Å². The maximum absolute atomic E-state index is 12.7. The molecule has 1 aromatic heterocycles. The van der Waals surface area contributed by atoms with Gasteiger partial charge >= 0.3 is 0 Å². The molecule has 1 aliphatic rings. The lowest BCUT2D eigenvalue weighted by Crippen LogP contribution is -2.21. The van der Waals surface area contributed by atoms with E-state index >= 15 is 0 Å². The summed E-state index contributed by atoms with van der Waals surface area (Å²) in [4.78, 5) is 25.7. The van der Waals surface area contributed by atoms with Gasteiger partial charge in [-0.2, -0.15) is 0 Å². The molecule has 0 bridgehead atoms. The van der Waals surface area contributed by atoms with Gasteiger partial charge in [0.15, 0.2) is 0 Å². The largest absolute Gasteiger partial charge is 0.372 e. The summed E-state index contributed by atoms with van der Waals surface area (Å²) in [6.07, 6.45) is 4.11. The highest BCUT2D eigenvalue weighted by molar-refractivity contribution is 6.03. The monoisotopic (exact) mass is 387 g/mol. The van der Waals surface area contributed by atoms with Crippen molar-refractivity contribution in [2.75, 3.05) is 35.3 Å². The summed E-state index contributed by atoms with van der Waals surface area (Å²) in [6, 6.07) is 19.7. The van der Waals surface area contributed by atoms with Gasteiger partial charge < -0.3 is 15.1 Å². The maximum atomic E-state index is 12.7. The van der Waals surface area contributed by atoms with Crippen molar-refractivity contribution in [1.82, 2.24) is 9.97 Å². The second-order valence-corrected chi connectivity index (χ2v) is 7.28. The van der Waals surface area contributed by atoms with Gasteiger partial charge in [-0.25, -0.2) is 9.97 Å². The molecule has 1 amide bonds. The first-order valence-corrected chi connectivity index (χ1v) is 9.93. The van der Waals surface area contributed by atoms with Gasteiger partial charge in [-0.15, -0.1) is 0 Å². The van der Waals surface area contributed by atoms with Crippen molar-refractivity contribution in [3.63, 3.8) is 0 Å². The minimum atomic E-state index is -0.240. The Kier molecular flexibility index (Phi) is 5.70. The molecule has 1 aliphatic heterocycles. The van der Waals surface area contributed by atoms with E-state index in [2.05, 4.69) is 44.5 Å². The van der Waals surface area contributed by atoms with Crippen LogP contribution in [0.4, 0.5) is 17.3 Å². The van der Waals surface area contributed by atoms with Crippen molar-refractivity contribution in [3.8, 4) is 0 Å². The molecular formula is C23H25N5O. The Morgan fingerprint density at radius 2 is 1.76 bits per heavy atom. The van der Waals surface area contributed by atoms with Gasteiger partial charge in [0.1, 0.15) is 5.69 Å². The van der Waals surface area contributed by atoms with Gasteiger partial charge in [-0.3, -0.25) is 4.79 Å². The van der Waals surface area contributed by atoms with E-state index in [1.54, 1.807) is 12.3 Å². The van der Waals surface area contributed by atoms with E-state index in [1.165, 1.54) is 18.5 Å². The Morgan fingerprint density at radius 3 is 2.48 bits per heavy atom. The Morgan fingerprint density at radius 1 is 1.03 bits per heavy atom. The first-order valence-electron chi connectivity index (χ1n) is 9.93. The van der Waals surface area contributed by atoms with Crippen molar-refractivity contribution in [2.24, 2.45) is 0 Å². The summed E-state index contributed by atoms with van der Waals surface area (Å²) in [7, 11) is 1.92. The zero-order valence-corrected chi connectivity index (χ0v) is 16.6. The van der Waals surface area contributed by atoms with Crippen LogP contribution in [0.1, 0.15) is 28.9 Å². The number of nitrogens with one attached hydrogen (secondary N) is 1. The SMILES string of the molecule is CN(Cc1ccccc1)c1nccc(C(=O)Nc2ccc(N3CCCC3)cc2)n1. The predicted octanol–water partition coefficient (Wildman–Crippen LogP) is 3.97. The number of hydrogen-bond acceptors (Lipinski definition) is 5. The number of amides is 1. The summed E-state index contributed by atoms with van der Waals surface area (Å²) >= 11 is 0. The van der Waals surface area contributed by atoms with Crippen LogP contribution in [0.3, 0.4) is 0 Å². The minimum Gasteiger partial charge on any atom is -0.372 e. The molecule has 2 heterocycles. The molecule has 0 unspecified atom stereocenters. The molecule has 0 saturated carbocycles. The van der Waals surface area contributed by atoms with Gasteiger partial charge in [0.05, 0.1) is 0 Å². The second-order valence-electron chi connectivity index (χ2n) is 7.28. The van der Waals surface area contributed by atoms with Gasteiger partial charge in [-0.1, -0.05) is 30.3 Å². The van der Waals surface area contributed by atoms with Crippen LogP contribution < -0.4 is 15.1 Å². The van der Waals surface area contributed by atoms with Gasteiger partial charge in [0.25, 0.3) is 5.91 Å². The minimum absolute atomic E-state index is 0.240. The molecule has 29 heavy (non-hydrogen) atoms. The van der Waals surface area contributed by atoms with E-state index in [1.807, 2.05) is 42.3 Å². The molecule has 2 aromatic carbocycles. The standard InChI is InChI=1S/C23H25N5O/c1-27(17-18-7-3-2-4-8-18)23-24-14-13-21(26-23)22(29)25-19-9-11-20(12-10-19)28-15-5-6-16-28/h2-4,7-14H,5-6,15-17H2,1H3,(H,25,29). The van der Waals surface area contributed by atoms with E-state index in [0.717, 1.165) is 24.3 Å². The molecule has 148 valence electrons. The number of rotatable bonds is 6. The quantitative estimate of drug-likeness (QED) is 0.694. The fourth-order valence-corrected chi connectivity index (χ4v) is 3.51. The third kappa shape index (κ3) is 4.71. The predicted molar refractivity (Wildman–Crippen MR) is 116 cm³/mol. The highest BCUT2D eigenvalue weighted by atomic mass is 16.1. The van der Waals surface area contributed by atoms with E-state index < -0.39 is 0 Å². The summed E-state index contributed by atoms with van der Waals surface area (Å²) in [5.74, 6) is 0.279. The number of aromatic nitrogens is 2. The van der Waals surface area contributed by atoms with Crippen molar-refractivity contribution < 1.29 is 4.79 Å². The van der Waals surface area contributed by atoms with Crippen LogP contribution in [0.5, 0.6) is 0 Å². The van der Waals surface area contributed by atoms with Crippen LogP contribution >= 0.6 is 0 Å². The molecule has 6 nitrogen and oxygen atoms in total. The number of carbonyl (C=O) groups is 1. The fraction of sp³-hybridized carbons (Fsp3) is 0.261. The molecule has 0 atom stereocenters. The van der Waals surface area contributed by atoms with Crippen molar-refractivity contribution in [3.05, 3.63) is 78.1 Å². The summed E-state index contributed by atoms with van der Waals surface area (Å²) in [5, 5.41) is 2.93. The lowest BCUT2D eigenvalue weighted by atomic mass is 10.2. The third-order valence-corrected chi connectivity index (χ3v) is 5.08. The topological polar surface area (TPSA) is 61.4 Å². The molecule has 1 saturated heterocycles. The Balaban J connectivity index is 1.41. The zero-order valence-electron chi connectivity index (χ0n) is 16.6. The van der Waals surface area contributed by atoms with Gasteiger partial charge in [-0.05, 0) is 48.7 Å². The molecule has 0 spiro atoms. The lowest BCUT2D eigenvalue weighted by Gasteiger charge is -2.18. The smallest absolute Gasteiger partial charge is 0.274 e. The van der Waals surface area contributed by atoms with E-state index in [-0.39, 0.29) is 5.91 Å². The summed E-state index contributed by atoms with van der Waals surface area (Å²) in [6.45, 7) is 2.88. The highest BCUT2D eigenvalue weighted by Gasteiger charge is 2.14. The Bertz CT molecular complexity index is 953. The summed E-state index contributed by atoms with van der Waals surface area (Å²) in [5.41, 5.74) is 3.47. The first kappa shape index (κ1) is 18.9. The molecule has 1 N–H and O–H groups in total. The van der Waals surface area contributed by atoms with Crippen LogP contribution in [0, 0.1) is 0 Å². The number of anilines is 3. The lowest BCUT2D eigenvalue weighted by molar-refractivity contribution is 0.102. The first-order chi connectivity index (χ1) is 14.2. The van der Waals surface area contributed by atoms with Crippen LogP contribution in [0.15, 0.2) is 66.9 Å².